The highest BCUT2D eigenvalue weighted by Gasteiger charge is 2.51. The second-order valence-electron chi connectivity index (χ2n) is 8.56. The van der Waals surface area contributed by atoms with Crippen LogP contribution in [-0.2, 0) is 18.8 Å². The van der Waals surface area contributed by atoms with E-state index in [0.717, 1.165) is 15.9 Å². The summed E-state index contributed by atoms with van der Waals surface area (Å²) in [6.07, 6.45) is -3.51. The lowest BCUT2D eigenvalue weighted by Crippen LogP contribution is -2.46. The predicted octanol–water partition coefficient (Wildman–Crippen LogP) is 2.89. The van der Waals surface area contributed by atoms with E-state index in [2.05, 4.69) is 0 Å². The van der Waals surface area contributed by atoms with E-state index in [9.17, 15) is 13.6 Å². The number of halogens is 2. The van der Waals surface area contributed by atoms with Crippen LogP contribution in [0.2, 0.25) is 0 Å². The fraction of sp³-hybridized carbons (Fsp3) is 0.632. The van der Waals surface area contributed by atoms with Crippen molar-refractivity contribution in [2.75, 3.05) is 6.54 Å². The summed E-state index contributed by atoms with van der Waals surface area (Å²) in [7, 11) is -0.470. The maximum absolute atomic E-state index is 12.8. The Balaban J connectivity index is 1.74. The molecule has 2 fully saturated rings. The van der Waals surface area contributed by atoms with E-state index in [1.165, 1.54) is 0 Å². The normalized spacial score (nSPS) is 26.0. The molecule has 2 aliphatic rings. The van der Waals surface area contributed by atoms with Crippen LogP contribution in [0.1, 0.15) is 53.2 Å². The lowest BCUT2D eigenvalue weighted by Gasteiger charge is -2.32. The zero-order valence-corrected chi connectivity index (χ0v) is 16.6. The molecule has 1 aromatic rings. The molecule has 1 unspecified atom stereocenters. The van der Waals surface area contributed by atoms with Crippen molar-refractivity contribution >= 4 is 18.5 Å². The van der Waals surface area contributed by atoms with Gasteiger partial charge in [-0.1, -0.05) is 24.3 Å². The number of hydrogen-bond donors (Lipinski definition) is 0. The summed E-state index contributed by atoms with van der Waals surface area (Å²) >= 11 is 0. The van der Waals surface area contributed by atoms with Gasteiger partial charge in [0.15, 0.2) is 0 Å². The van der Waals surface area contributed by atoms with Gasteiger partial charge in [0.05, 0.1) is 17.7 Å². The maximum Gasteiger partial charge on any atom is 0.494 e. The summed E-state index contributed by atoms with van der Waals surface area (Å²) in [4.78, 5) is 12.8. The number of ether oxygens (including phenoxy) is 1. The van der Waals surface area contributed by atoms with Crippen LogP contribution in [-0.4, -0.2) is 47.8 Å². The summed E-state index contributed by atoms with van der Waals surface area (Å²) in [6, 6.07) is 7.48. The van der Waals surface area contributed by atoms with Crippen LogP contribution in [0, 0.1) is 0 Å². The van der Waals surface area contributed by atoms with E-state index in [4.69, 9.17) is 14.0 Å². The summed E-state index contributed by atoms with van der Waals surface area (Å²) < 4.78 is 43.6. The largest absolute Gasteiger partial charge is 0.494 e. The third-order valence-electron chi connectivity index (χ3n) is 5.72. The van der Waals surface area contributed by atoms with E-state index in [1.807, 2.05) is 52.0 Å². The van der Waals surface area contributed by atoms with Gasteiger partial charge in [-0.2, -0.15) is 8.78 Å². The minimum absolute atomic E-state index is 0.0893. The second kappa shape index (κ2) is 6.53. The van der Waals surface area contributed by atoms with Gasteiger partial charge < -0.3 is 18.9 Å². The highest BCUT2D eigenvalue weighted by molar-refractivity contribution is 6.62. The number of rotatable bonds is 3. The number of hydrogen-bond acceptors (Lipinski definition) is 4. The summed E-state index contributed by atoms with van der Waals surface area (Å²) in [6.45, 7) is 11.3. The molecule has 2 saturated heterocycles. The number of alkyl halides is 2. The Bertz CT molecular complexity index is 705. The van der Waals surface area contributed by atoms with E-state index in [1.54, 1.807) is 13.8 Å². The molecule has 0 bridgehead atoms. The quantitative estimate of drug-likeness (QED) is 0.756. The summed E-state index contributed by atoms with van der Waals surface area (Å²) in [5.74, 6) is -1.21. The predicted molar refractivity (Wildman–Crippen MR) is 97.8 cm³/mol. The fourth-order valence-electron chi connectivity index (χ4n) is 3.33. The molecule has 2 heterocycles. The van der Waals surface area contributed by atoms with E-state index >= 15 is 0 Å². The molecule has 1 atom stereocenters. The molecule has 0 aliphatic carbocycles. The van der Waals surface area contributed by atoms with Gasteiger partial charge in [-0.05, 0) is 52.6 Å². The highest BCUT2D eigenvalue weighted by Crippen LogP contribution is 2.38. The number of carbonyl (C=O) groups is 1. The molecule has 0 radical (unpaired) electrons. The molecule has 0 N–H and O–H groups in total. The average molecular weight is 381 g/mol. The number of amides is 1. The van der Waals surface area contributed by atoms with Crippen molar-refractivity contribution in [2.45, 2.75) is 71.0 Å². The van der Waals surface area contributed by atoms with Crippen LogP contribution >= 0.6 is 0 Å². The van der Waals surface area contributed by atoms with Crippen LogP contribution in [0.4, 0.5) is 8.78 Å². The first-order chi connectivity index (χ1) is 12.3. The van der Waals surface area contributed by atoms with Crippen LogP contribution in [0.15, 0.2) is 24.3 Å². The topological polar surface area (TPSA) is 48.0 Å². The van der Waals surface area contributed by atoms with Gasteiger partial charge in [0.2, 0.25) is 0 Å². The second-order valence-corrected chi connectivity index (χ2v) is 8.56. The molecule has 27 heavy (non-hydrogen) atoms. The minimum atomic E-state index is -3.04. The third-order valence-corrected chi connectivity index (χ3v) is 5.72. The molecule has 2 aliphatic heterocycles. The van der Waals surface area contributed by atoms with E-state index < -0.39 is 42.5 Å². The zero-order chi connectivity index (χ0) is 20.2. The lowest BCUT2D eigenvalue weighted by atomic mass is 9.78. The molecule has 3 rings (SSSR count). The Morgan fingerprint density at radius 1 is 1.07 bits per heavy atom. The smallest absolute Gasteiger partial charge is 0.399 e. The van der Waals surface area contributed by atoms with Crippen molar-refractivity contribution < 1.29 is 27.6 Å². The molecule has 0 saturated carbocycles. The molecular weight excluding hydrogens is 355 g/mol. The zero-order valence-electron chi connectivity index (χ0n) is 16.6. The Hall–Kier alpha value is -1.51. The van der Waals surface area contributed by atoms with Crippen LogP contribution in [0.5, 0.6) is 0 Å². The Labute approximate surface area is 159 Å². The number of nitrogens with zero attached hydrogens (tertiary/aromatic N) is 1. The third kappa shape index (κ3) is 3.62. The Kier molecular flexibility index (Phi) is 4.90. The van der Waals surface area contributed by atoms with Crippen molar-refractivity contribution in [1.82, 2.24) is 4.90 Å². The summed E-state index contributed by atoms with van der Waals surface area (Å²) in [5.41, 5.74) is -0.248. The average Bonchev–Trinajstić information content (AvgIpc) is 2.99. The van der Waals surface area contributed by atoms with Gasteiger partial charge in [0.1, 0.15) is 11.8 Å². The molecule has 1 amide bonds. The summed E-state index contributed by atoms with van der Waals surface area (Å²) in [5, 5.41) is 0. The van der Waals surface area contributed by atoms with Crippen LogP contribution in [0.25, 0.3) is 0 Å². The van der Waals surface area contributed by atoms with Gasteiger partial charge in [-0.15, -0.1) is 0 Å². The van der Waals surface area contributed by atoms with E-state index in [0.29, 0.717) is 0 Å². The van der Waals surface area contributed by atoms with Crippen molar-refractivity contribution in [3.05, 3.63) is 29.8 Å². The van der Waals surface area contributed by atoms with Crippen molar-refractivity contribution in [3.63, 3.8) is 0 Å². The minimum Gasteiger partial charge on any atom is -0.399 e. The van der Waals surface area contributed by atoms with Crippen molar-refractivity contribution in [3.8, 4) is 0 Å². The molecule has 1 aromatic carbocycles. The molecule has 148 valence electrons. The first-order valence-electron chi connectivity index (χ1n) is 9.07. The van der Waals surface area contributed by atoms with Gasteiger partial charge in [-0.3, -0.25) is 4.79 Å². The van der Waals surface area contributed by atoms with Gasteiger partial charge >= 0.3 is 13.5 Å². The SMILES string of the molecule is CC1(C)OC(c2ccc(B3OC(C)(C)C(C)(C)O3)cc2)CN1C(=O)C(F)F. The molecule has 0 aromatic heterocycles. The molecular formula is C19H26BF2NO4. The molecule has 5 nitrogen and oxygen atoms in total. The lowest BCUT2D eigenvalue weighted by molar-refractivity contribution is -0.157. The van der Waals surface area contributed by atoms with Crippen LogP contribution < -0.4 is 5.46 Å². The molecule has 8 heteroatoms. The Morgan fingerprint density at radius 2 is 1.59 bits per heavy atom. The number of benzene rings is 1. The highest BCUT2D eigenvalue weighted by atomic mass is 19.3. The van der Waals surface area contributed by atoms with Gasteiger partial charge in [0.25, 0.3) is 5.91 Å². The first-order valence-corrected chi connectivity index (χ1v) is 9.07. The number of carbonyl (C=O) groups excluding carboxylic acids is 1. The van der Waals surface area contributed by atoms with Gasteiger partial charge in [-0.25, -0.2) is 0 Å². The van der Waals surface area contributed by atoms with Crippen molar-refractivity contribution in [1.29, 1.82) is 0 Å². The first kappa shape index (κ1) is 20.2. The monoisotopic (exact) mass is 381 g/mol. The maximum atomic E-state index is 12.8. The fourth-order valence-corrected chi connectivity index (χ4v) is 3.33. The standard InChI is InChI=1S/C19H26BF2NO4/c1-17(2)18(3,4)27-20(26-17)13-9-7-12(8-10-13)14-11-23(16(24)15(21)22)19(5,6)25-14/h7-10,14-15H,11H2,1-6H3. The van der Waals surface area contributed by atoms with Crippen LogP contribution in [0.3, 0.4) is 0 Å². The van der Waals surface area contributed by atoms with E-state index in [-0.39, 0.29) is 6.54 Å². The Morgan fingerprint density at radius 3 is 2.07 bits per heavy atom. The van der Waals surface area contributed by atoms with Crippen molar-refractivity contribution in [2.24, 2.45) is 0 Å². The molecule has 0 spiro atoms. The van der Waals surface area contributed by atoms with Gasteiger partial charge in [0, 0.05) is 0 Å².